The van der Waals surface area contributed by atoms with Gasteiger partial charge in [0.15, 0.2) is 0 Å². The molecule has 1 aromatic carbocycles. The van der Waals surface area contributed by atoms with E-state index in [1.165, 1.54) is 22.2 Å². The van der Waals surface area contributed by atoms with Gasteiger partial charge in [0.1, 0.15) is 0 Å². The Kier molecular flexibility index (Phi) is 3.80. The second-order valence-electron chi connectivity index (χ2n) is 5.29. The molecule has 0 saturated heterocycles. The van der Waals surface area contributed by atoms with Crippen molar-refractivity contribution in [1.29, 1.82) is 0 Å². The van der Waals surface area contributed by atoms with Gasteiger partial charge >= 0.3 is 0 Å². The number of nitrogens with two attached hydrogens (primary N) is 1. The molecular formula is C17H22N4. The highest BCUT2D eigenvalue weighted by molar-refractivity contribution is 5.83. The Morgan fingerprint density at radius 1 is 1.19 bits per heavy atom. The van der Waals surface area contributed by atoms with Crippen LogP contribution in [0.1, 0.15) is 30.8 Å². The molecule has 110 valence electrons. The first-order chi connectivity index (χ1) is 10.3. The molecule has 2 N–H and O–H groups in total. The lowest BCUT2D eigenvalue weighted by Crippen LogP contribution is -2.07. The molecule has 0 saturated carbocycles. The second kappa shape index (κ2) is 5.74. The van der Waals surface area contributed by atoms with Gasteiger partial charge in [-0.05, 0) is 37.1 Å². The van der Waals surface area contributed by atoms with Gasteiger partial charge < -0.3 is 10.3 Å². The topological polar surface area (TPSA) is 48.8 Å². The zero-order chi connectivity index (χ0) is 14.8. The van der Waals surface area contributed by atoms with Gasteiger partial charge in [-0.15, -0.1) is 0 Å². The van der Waals surface area contributed by atoms with E-state index in [4.69, 9.17) is 5.73 Å². The van der Waals surface area contributed by atoms with Crippen molar-refractivity contribution in [2.45, 2.75) is 39.9 Å². The van der Waals surface area contributed by atoms with Gasteiger partial charge in [-0.1, -0.05) is 19.1 Å². The van der Waals surface area contributed by atoms with Crippen molar-refractivity contribution in [2.24, 2.45) is 5.73 Å². The molecule has 0 aliphatic carbocycles. The predicted molar refractivity (Wildman–Crippen MR) is 86.2 cm³/mol. The van der Waals surface area contributed by atoms with Crippen molar-refractivity contribution in [3.05, 3.63) is 53.5 Å². The van der Waals surface area contributed by atoms with Crippen LogP contribution in [-0.2, 0) is 26.1 Å². The Labute approximate surface area is 125 Å². The maximum Gasteiger partial charge on any atom is 0.0645 e. The van der Waals surface area contributed by atoms with Crippen LogP contribution in [0.15, 0.2) is 36.5 Å². The molecule has 0 amide bonds. The fraction of sp³-hybridized carbons (Fsp3) is 0.353. The van der Waals surface area contributed by atoms with E-state index >= 15 is 0 Å². The van der Waals surface area contributed by atoms with Gasteiger partial charge in [0.05, 0.1) is 17.9 Å². The standard InChI is InChI=1S/C17H22N4/c1-3-14-10-15(21(4-2)19-14)12-20-9-8-16-13(11-18)6-5-7-17(16)20/h5-10H,3-4,11-12,18H2,1-2H3. The number of hydrogen-bond acceptors (Lipinski definition) is 2. The SMILES string of the molecule is CCc1cc(Cn2ccc3c(CN)cccc32)n(CC)n1. The van der Waals surface area contributed by atoms with Crippen molar-refractivity contribution in [1.82, 2.24) is 14.3 Å². The molecule has 21 heavy (non-hydrogen) atoms. The van der Waals surface area contributed by atoms with E-state index < -0.39 is 0 Å². The predicted octanol–water partition coefficient (Wildman–Crippen LogP) is 2.93. The smallest absolute Gasteiger partial charge is 0.0645 e. The summed E-state index contributed by atoms with van der Waals surface area (Å²) in [4.78, 5) is 0. The van der Waals surface area contributed by atoms with Gasteiger partial charge in [0.25, 0.3) is 0 Å². The minimum absolute atomic E-state index is 0.578. The molecule has 0 radical (unpaired) electrons. The summed E-state index contributed by atoms with van der Waals surface area (Å²) in [5.41, 5.74) is 10.7. The van der Waals surface area contributed by atoms with Crippen LogP contribution in [0.3, 0.4) is 0 Å². The van der Waals surface area contributed by atoms with E-state index in [0.717, 1.165) is 25.2 Å². The average molecular weight is 282 g/mol. The van der Waals surface area contributed by atoms with Gasteiger partial charge in [0.2, 0.25) is 0 Å². The van der Waals surface area contributed by atoms with E-state index in [2.05, 4.69) is 64.7 Å². The third-order valence-electron chi connectivity index (χ3n) is 4.03. The van der Waals surface area contributed by atoms with Gasteiger partial charge in [-0.2, -0.15) is 5.10 Å². The third kappa shape index (κ3) is 2.47. The van der Waals surface area contributed by atoms with Crippen molar-refractivity contribution in [3.8, 4) is 0 Å². The zero-order valence-corrected chi connectivity index (χ0v) is 12.7. The highest BCUT2D eigenvalue weighted by Gasteiger charge is 2.09. The Bertz CT molecular complexity index is 751. The Hall–Kier alpha value is -2.07. The monoisotopic (exact) mass is 282 g/mol. The van der Waals surface area contributed by atoms with Crippen molar-refractivity contribution < 1.29 is 0 Å². The summed E-state index contributed by atoms with van der Waals surface area (Å²) in [5, 5.41) is 5.87. The first-order valence-corrected chi connectivity index (χ1v) is 7.59. The van der Waals surface area contributed by atoms with Crippen LogP contribution >= 0.6 is 0 Å². The zero-order valence-electron chi connectivity index (χ0n) is 12.7. The molecule has 4 heteroatoms. The number of fused-ring (bicyclic) bond motifs is 1. The third-order valence-corrected chi connectivity index (χ3v) is 4.03. The second-order valence-corrected chi connectivity index (χ2v) is 5.29. The molecule has 0 bridgehead atoms. The summed E-state index contributed by atoms with van der Waals surface area (Å²) in [7, 11) is 0. The van der Waals surface area contributed by atoms with Crippen LogP contribution in [0, 0.1) is 0 Å². The summed E-state index contributed by atoms with van der Waals surface area (Å²) in [6.07, 6.45) is 3.12. The van der Waals surface area contributed by atoms with Crippen LogP contribution in [0.5, 0.6) is 0 Å². The number of benzene rings is 1. The average Bonchev–Trinajstić information content (AvgIpc) is 3.11. The van der Waals surface area contributed by atoms with Crippen LogP contribution < -0.4 is 5.73 Å². The van der Waals surface area contributed by atoms with Crippen molar-refractivity contribution >= 4 is 10.9 Å². The molecule has 3 aromatic rings. The summed E-state index contributed by atoms with van der Waals surface area (Å²) in [6, 6.07) is 10.7. The van der Waals surface area contributed by atoms with Crippen LogP contribution in [0.2, 0.25) is 0 Å². The molecular weight excluding hydrogens is 260 g/mol. The molecule has 0 aliphatic heterocycles. The van der Waals surface area contributed by atoms with Gasteiger partial charge in [-0.3, -0.25) is 4.68 Å². The normalized spacial score (nSPS) is 11.4. The molecule has 0 atom stereocenters. The number of rotatable bonds is 5. The molecule has 2 heterocycles. The Morgan fingerprint density at radius 3 is 2.76 bits per heavy atom. The fourth-order valence-corrected chi connectivity index (χ4v) is 2.87. The number of nitrogens with zero attached hydrogens (tertiary/aromatic N) is 3. The van der Waals surface area contributed by atoms with Gasteiger partial charge in [-0.25, -0.2) is 0 Å². The summed E-state index contributed by atoms with van der Waals surface area (Å²) < 4.78 is 4.37. The summed E-state index contributed by atoms with van der Waals surface area (Å²) in [6.45, 7) is 6.61. The maximum atomic E-state index is 5.82. The Balaban J connectivity index is 2.00. The van der Waals surface area contributed by atoms with Crippen molar-refractivity contribution in [2.75, 3.05) is 0 Å². The van der Waals surface area contributed by atoms with Crippen LogP contribution in [-0.4, -0.2) is 14.3 Å². The molecule has 0 fully saturated rings. The highest BCUT2D eigenvalue weighted by Crippen LogP contribution is 2.21. The molecule has 2 aromatic heterocycles. The lowest BCUT2D eigenvalue weighted by molar-refractivity contribution is 0.599. The van der Waals surface area contributed by atoms with E-state index in [9.17, 15) is 0 Å². The van der Waals surface area contributed by atoms with Crippen molar-refractivity contribution in [3.63, 3.8) is 0 Å². The largest absolute Gasteiger partial charge is 0.341 e. The van der Waals surface area contributed by atoms with Crippen LogP contribution in [0.25, 0.3) is 10.9 Å². The number of aryl methyl sites for hydroxylation is 2. The summed E-state index contributed by atoms with van der Waals surface area (Å²) >= 11 is 0. The quantitative estimate of drug-likeness (QED) is 0.782. The lowest BCUT2D eigenvalue weighted by Gasteiger charge is -2.08. The van der Waals surface area contributed by atoms with Gasteiger partial charge in [0, 0.05) is 30.2 Å². The lowest BCUT2D eigenvalue weighted by atomic mass is 10.1. The molecule has 3 rings (SSSR count). The van der Waals surface area contributed by atoms with E-state index in [1.54, 1.807) is 0 Å². The number of aromatic nitrogens is 3. The summed E-state index contributed by atoms with van der Waals surface area (Å²) in [5.74, 6) is 0. The number of hydrogen-bond donors (Lipinski definition) is 1. The molecule has 4 nitrogen and oxygen atoms in total. The van der Waals surface area contributed by atoms with E-state index in [-0.39, 0.29) is 0 Å². The highest BCUT2D eigenvalue weighted by atomic mass is 15.3. The maximum absolute atomic E-state index is 5.82. The Morgan fingerprint density at radius 2 is 2.05 bits per heavy atom. The van der Waals surface area contributed by atoms with E-state index in [1.807, 2.05) is 0 Å². The first kappa shape index (κ1) is 13.9. The fourth-order valence-electron chi connectivity index (χ4n) is 2.87. The van der Waals surface area contributed by atoms with E-state index in [0.29, 0.717) is 6.54 Å². The minimum Gasteiger partial charge on any atom is -0.341 e. The molecule has 0 unspecified atom stereocenters. The van der Waals surface area contributed by atoms with Crippen LogP contribution in [0.4, 0.5) is 0 Å². The molecule has 0 aliphatic rings. The first-order valence-electron chi connectivity index (χ1n) is 7.59. The molecule has 0 spiro atoms. The minimum atomic E-state index is 0.578.